The van der Waals surface area contributed by atoms with Gasteiger partial charge >= 0.3 is 5.97 Å². The maximum absolute atomic E-state index is 10.5. The molecule has 0 saturated carbocycles. The highest BCUT2D eigenvalue weighted by Gasteiger charge is 2.07. The molecule has 0 atom stereocenters. The second kappa shape index (κ2) is 4.25. The SMILES string of the molecule is O=CN(CC(=O)O)c1ccccc1. The van der Waals surface area contributed by atoms with E-state index in [0.29, 0.717) is 12.1 Å². The Bertz CT molecular complexity index is 297. The van der Waals surface area contributed by atoms with Gasteiger partial charge in [-0.2, -0.15) is 0 Å². The lowest BCUT2D eigenvalue weighted by Gasteiger charge is -2.13. The van der Waals surface area contributed by atoms with Crippen LogP contribution in [0.5, 0.6) is 0 Å². The third-order valence-corrected chi connectivity index (χ3v) is 1.52. The lowest BCUT2D eigenvalue weighted by Crippen LogP contribution is -2.27. The van der Waals surface area contributed by atoms with E-state index >= 15 is 0 Å². The molecule has 1 N–H and O–H groups in total. The highest BCUT2D eigenvalue weighted by molar-refractivity contribution is 5.84. The van der Waals surface area contributed by atoms with Crippen LogP contribution in [-0.2, 0) is 9.59 Å². The van der Waals surface area contributed by atoms with Gasteiger partial charge in [0.25, 0.3) is 0 Å². The summed E-state index contributed by atoms with van der Waals surface area (Å²) in [7, 11) is 0. The van der Waals surface area contributed by atoms with Crippen LogP contribution in [0.3, 0.4) is 0 Å². The van der Waals surface area contributed by atoms with Gasteiger partial charge in [0, 0.05) is 5.69 Å². The third-order valence-electron chi connectivity index (χ3n) is 1.52. The molecule has 0 unspecified atom stereocenters. The van der Waals surface area contributed by atoms with E-state index in [0.717, 1.165) is 4.90 Å². The molecule has 0 saturated heterocycles. The number of nitrogens with zero attached hydrogens (tertiary/aromatic N) is 1. The number of aliphatic carboxylic acids is 1. The van der Waals surface area contributed by atoms with Crippen molar-refractivity contribution in [1.29, 1.82) is 0 Å². The molecule has 4 heteroatoms. The van der Waals surface area contributed by atoms with Crippen LogP contribution >= 0.6 is 0 Å². The Labute approximate surface area is 75.4 Å². The summed E-state index contributed by atoms with van der Waals surface area (Å²) < 4.78 is 0. The Kier molecular flexibility index (Phi) is 3.03. The smallest absolute Gasteiger partial charge is 0.323 e. The van der Waals surface area contributed by atoms with Crippen molar-refractivity contribution in [3.8, 4) is 0 Å². The van der Waals surface area contributed by atoms with Gasteiger partial charge in [-0.1, -0.05) is 18.2 Å². The van der Waals surface area contributed by atoms with Crippen LogP contribution < -0.4 is 4.90 Å². The number of benzene rings is 1. The van der Waals surface area contributed by atoms with Crippen molar-refractivity contribution in [1.82, 2.24) is 0 Å². The first-order chi connectivity index (χ1) is 6.24. The number of carbonyl (C=O) groups excluding carboxylic acids is 1. The molecule has 0 spiro atoms. The molecule has 0 heterocycles. The number of carbonyl (C=O) groups is 2. The van der Waals surface area contributed by atoms with Gasteiger partial charge in [0.2, 0.25) is 6.41 Å². The monoisotopic (exact) mass is 179 g/mol. The van der Waals surface area contributed by atoms with Gasteiger partial charge in [-0.15, -0.1) is 0 Å². The Morgan fingerprint density at radius 3 is 2.46 bits per heavy atom. The molecule has 0 bridgehead atoms. The summed E-state index contributed by atoms with van der Waals surface area (Å²) in [6, 6.07) is 8.64. The highest BCUT2D eigenvalue weighted by atomic mass is 16.4. The van der Waals surface area contributed by atoms with Gasteiger partial charge in [-0.3, -0.25) is 9.59 Å². The Morgan fingerprint density at radius 1 is 1.38 bits per heavy atom. The van der Waals surface area contributed by atoms with Crippen molar-refractivity contribution in [2.45, 2.75) is 0 Å². The van der Waals surface area contributed by atoms with Crippen molar-refractivity contribution in [2.75, 3.05) is 11.4 Å². The molecule has 0 aliphatic carbocycles. The normalized spacial score (nSPS) is 9.23. The van der Waals surface area contributed by atoms with Gasteiger partial charge < -0.3 is 10.0 Å². The van der Waals surface area contributed by atoms with E-state index < -0.39 is 5.97 Å². The molecule has 0 aliphatic heterocycles. The summed E-state index contributed by atoms with van der Waals surface area (Å²) in [5.41, 5.74) is 0.583. The maximum atomic E-state index is 10.5. The minimum atomic E-state index is -1.03. The summed E-state index contributed by atoms with van der Waals surface area (Å²) in [6.45, 7) is -0.312. The van der Waals surface area contributed by atoms with Gasteiger partial charge in [0.05, 0.1) is 0 Å². The number of anilines is 1. The summed E-state index contributed by atoms with van der Waals surface area (Å²) in [4.78, 5) is 22.0. The van der Waals surface area contributed by atoms with Gasteiger partial charge in [0.15, 0.2) is 0 Å². The van der Waals surface area contributed by atoms with Crippen molar-refractivity contribution in [3.63, 3.8) is 0 Å². The van der Waals surface area contributed by atoms with E-state index in [1.165, 1.54) is 0 Å². The molecule has 0 radical (unpaired) electrons. The Balaban J connectivity index is 2.78. The molecule has 13 heavy (non-hydrogen) atoms. The van der Waals surface area contributed by atoms with Crippen molar-refractivity contribution in [2.24, 2.45) is 0 Å². The number of para-hydroxylation sites is 1. The number of hydrogen-bond acceptors (Lipinski definition) is 2. The van der Waals surface area contributed by atoms with E-state index in [9.17, 15) is 9.59 Å². The molecule has 1 aromatic rings. The molecule has 1 amide bonds. The second-order valence-electron chi connectivity index (χ2n) is 2.46. The standard InChI is InChI=1S/C9H9NO3/c11-7-10(6-9(12)13)8-4-2-1-3-5-8/h1-5,7H,6H2,(H,12,13). The average molecular weight is 179 g/mol. The molecule has 1 aromatic carbocycles. The zero-order valence-electron chi connectivity index (χ0n) is 6.88. The van der Waals surface area contributed by atoms with Crippen molar-refractivity contribution < 1.29 is 14.7 Å². The predicted octanol–water partition coefficient (Wildman–Crippen LogP) is 0.734. The Morgan fingerprint density at radius 2 is 2.00 bits per heavy atom. The summed E-state index contributed by atoms with van der Waals surface area (Å²) in [5.74, 6) is -1.03. The first-order valence-corrected chi connectivity index (χ1v) is 3.73. The summed E-state index contributed by atoms with van der Waals surface area (Å²) in [6.07, 6.45) is 0.503. The largest absolute Gasteiger partial charge is 0.480 e. The molecule has 4 nitrogen and oxygen atoms in total. The minimum Gasteiger partial charge on any atom is -0.480 e. The lowest BCUT2D eigenvalue weighted by molar-refractivity contribution is -0.136. The fourth-order valence-electron chi connectivity index (χ4n) is 0.955. The molecule has 0 aromatic heterocycles. The van der Waals surface area contributed by atoms with E-state index in [2.05, 4.69) is 0 Å². The average Bonchev–Trinajstić information content (AvgIpc) is 2.15. The van der Waals surface area contributed by atoms with Crippen LogP contribution in [0.4, 0.5) is 5.69 Å². The highest BCUT2D eigenvalue weighted by Crippen LogP contribution is 2.10. The quantitative estimate of drug-likeness (QED) is 0.693. The zero-order valence-corrected chi connectivity index (χ0v) is 6.88. The molecule has 0 fully saturated rings. The molecule has 0 aliphatic rings. The summed E-state index contributed by atoms with van der Waals surface area (Å²) >= 11 is 0. The maximum Gasteiger partial charge on any atom is 0.323 e. The fourth-order valence-corrected chi connectivity index (χ4v) is 0.955. The van der Waals surface area contributed by atoms with Crippen LogP contribution in [0, 0.1) is 0 Å². The fraction of sp³-hybridized carbons (Fsp3) is 0.111. The topological polar surface area (TPSA) is 57.6 Å². The van der Waals surface area contributed by atoms with Crippen molar-refractivity contribution in [3.05, 3.63) is 30.3 Å². The van der Waals surface area contributed by atoms with Gasteiger partial charge in [0.1, 0.15) is 6.54 Å². The predicted molar refractivity (Wildman–Crippen MR) is 47.5 cm³/mol. The van der Waals surface area contributed by atoms with Crippen LogP contribution in [-0.4, -0.2) is 24.0 Å². The molecule has 1 rings (SSSR count). The lowest BCUT2D eigenvalue weighted by atomic mass is 10.3. The third kappa shape index (κ3) is 2.59. The van der Waals surface area contributed by atoms with E-state index in [-0.39, 0.29) is 6.54 Å². The number of rotatable bonds is 4. The van der Waals surface area contributed by atoms with Crippen LogP contribution in [0.25, 0.3) is 0 Å². The summed E-state index contributed by atoms with van der Waals surface area (Å²) in [5, 5.41) is 8.48. The van der Waals surface area contributed by atoms with Gasteiger partial charge in [-0.05, 0) is 12.1 Å². The zero-order chi connectivity index (χ0) is 9.68. The van der Waals surface area contributed by atoms with E-state index in [4.69, 9.17) is 5.11 Å². The van der Waals surface area contributed by atoms with Crippen LogP contribution in [0.1, 0.15) is 0 Å². The van der Waals surface area contributed by atoms with E-state index in [1.807, 2.05) is 0 Å². The van der Waals surface area contributed by atoms with Gasteiger partial charge in [-0.25, -0.2) is 0 Å². The molecular formula is C9H9NO3. The van der Waals surface area contributed by atoms with Crippen molar-refractivity contribution >= 4 is 18.1 Å². The first-order valence-electron chi connectivity index (χ1n) is 3.73. The van der Waals surface area contributed by atoms with Crippen LogP contribution in [0.15, 0.2) is 30.3 Å². The number of amides is 1. The Hall–Kier alpha value is -1.84. The number of carboxylic acid groups (broad SMARTS) is 1. The first kappa shape index (κ1) is 9.25. The number of hydrogen-bond donors (Lipinski definition) is 1. The molecule has 68 valence electrons. The second-order valence-corrected chi connectivity index (χ2v) is 2.46. The minimum absolute atomic E-state index is 0.312. The number of carboxylic acids is 1. The van der Waals surface area contributed by atoms with E-state index in [1.54, 1.807) is 30.3 Å². The molecular weight excluding hydrogens is 170 g/mol. The van der Waals surface area contributed by atoms with Crippen LogP contribution in [0.2, 0.25) is 0 Å².